The van der Waals surface area contributed by atoms with E-state index >= 15 is 0 Å². The Morgan fingerprint density at radius 2 is 1.90 bits per heavy atom. The van der Waals surface area contributed by atoms with Crippen LogP contribution in [0.4, 0.5) is 0 Å². The number of thioether (sulfide) groups is 1. The number of carbonyl (C=O) groups is 1. The second kappa shape index (κ2) is 6.89. The molecule has 0 radical (unpaired) electrons. The first kappa shape index (κ1) is 16.4. The number of nitrogens with two attached hydrogens (primary N) is 1. The normalized spacial score (nSPS) is 43.1. The Labute approximate surface area is 132 Å². The molecular formula is C15H27ClN2OS. The van der Waals surface area contributed by atoms with Crippen molar-refractivity contribution in [2.75, 3.05) is 6.26 Å². The lowest BCUT2D eigenvalue weighted by atomic mass is 9.83. The summed E-state index contributed by atoms with van der Waals surface area (Å²) in [6.07, 6.45) is 10.7. The Morgan fingerprint density at radius 3 is 2.55 bits per heavy atom. The highest BCUT2D eigenvalue weighted by Crippen LogP contribution is 2.47. The van der Waals surface area contributed by atoms with Crippen LogP contribution in [0.5, 0.6) is 0 Å². The van der Waals surface area contributed by atoms with Crippen LogP contribution < -0.4 is 11.1 Å². The summed E-state index contributed by atoms with van der Waals surface area (Å²) < 4.78 is 0. The van der Waals surface area contributed by atoms with Gasteiger partial charge in [0.1, 0.15) is 0 Å². The molecule has 3 saturated carbocycles. The molecule has 0 aliphatic heterocycles. The molecule has 2 bridgehead atoms. The van der Waals surface area contributed by atoms with Gasteiger partial charge in [-0.2, -0.15) is 11.8 Å². The van der Waals surface area contributed by atoms with E-state index in [1.54, 1.807) is 0 Å². The van der Waals surface area contributed by atoms with E-state index in [1.165, 1.54) is 32.1 Å². The Hall–Kier alpha value is 0.0700. The van der Waals surface area contributed by atoms with Gasteiger partial charge >= 0.3 is 0 Å². The molecule has 20 heavy (non-hydrogen) atoms. The van der Waals surface area contributed by atoms with Gasteiger partial charge in [-0.3, -0.25) is 4.79 Å². The molecule has 3 nitrogen and oxygen atoms in total. The fourth-order valence-corrected chi connectivity index (χ4v) is 5.34. The fraction of sp³-hybridized carbons (Fsp3) is 0.933. The van der Waals surface area contributed by atoms with Crippen molar-refractivity contribution in [3.8, 4) is 0 Å². The zero-order valence-electron chi connectivity index (χ0n) is 12.2. The summed E-state index contributed by atoms with van der Waals surface area (Å²) in [6, 6.07) is 0.517. The monoisotopic (exact) mass is 318 g/mol. The minimum absolute atomic E-state index is 0. The molecule has 0 aromatic rings. The molecule has 0 saturated heterocycles. The van der Waals surface area contributed by atoms with Crippen LogP contribution in [0.25, 0.3) is 0 Å². The molecule has 6 unspecified atom stereocenters. The van der Waals surface area contributed by atoms with Crippen LogP contribution in [0.15, 0.2) is 0 Å². The van der Waals surface area contributed by atoms with Gasteiger partial charge in [0.15, 0.2) is 0 Å². The Morgan fingerprint density at radius 1 is 1.15 bits per heavy atom. The summed E-state index contributed by atoms with van der Waals surface area (Å²) in [7, 11) is 0. The first-order valence-corrected chi connectivity index (χ1v) is 9.06. The summed E-state index contributed by atoms with van der Waals surface area (Å²) in [5, 5.41) is 4.04. The lowest BCUT2D eigenvalue weighted by molar-refractivity contribution is -0.128. The van der Waals surface area contributed by atoms with Gasteiger partial charge in [-0.1, -0.05) is 6.42 Å². The van der Waals surface area contributed by atoms with E-state index in [4.69, 9.17) is 5.73 Å². The van der Waals surface area contributed by atoms with Crippen LogP contribution in [0.1, 0.15) is 44.9 Å². The number of amides is 1. The molecule has 0 heterocycles. The minimum atomic E-state index is 0. The van der Waals surface area contributed by atoms with Crippen molar-refractivity contribution >= 4 is 30.1 Å². The quantitative estimate of drug-likeness (QED) is 0.841. The van der Waals surface area contributed by atoms with Gasteiger partial charge in [0, 0.05) is 17.3 Å². The van der Waals surface area contributed by atoms with Gasteiger partial charge in [0.05, 0.1) is 5.92 Å². The third-order valence-electron chi connectivity index (χ3n) is 5.59. The highest BCUT2D eigenvalue weighted by molar-refractivity contribution is 7.99. The average molecular weight is 319 g/mol. The summed E-state index contributed by atoms with van der Waals surface area (Å²) in [5.74, 6) is 1.55. The second-order valence-corrected chi connectivity index (χ2v) is 7.80. The molecule has 0 aromatic carbocycles. The van der Waals surface area contributed by atoms with Crippen LogP contribution in [0.2, 0.25) is 0 Å². The number of hydrogen-bond acceptors (Lipinski definition) is 3. The van der Waals surface area contributed by atoms with Crippen LogP contribution in [-0.4, -0.2) is 29.5 Å². The molecule has 1 amide bonds. The molecule has 5 heteroatoms. The molecular weight excluding hydrogens is 292 g/mol. The molecule has 0 spiro atoms. The second-order valence-electron chi connectivity index (χ2n) is 6.67. The van der Waals surface area contributed by atoms with Gasteiger partial charge < -0.3 is 11.1 Å². The Kier molecular flexibility index (Phi) is 5.66. The smallest absolute Gasteiger partial charge is 0.225 e. The topological polar surface area (TPSA) is 55.1 Å². The summed E-state index contributed by atoms with van der Waals surface area (Å²) in [4.78, 5) is 12.5. The van der Waals surface area contributed by atoms with Crippen LogP contribution in [0, 0.1) is 17.8 Å². The highest BCUT2D eigenvalue weighted by atomic mass is 35.5. The van der Waals surface area contributed by atoms with Crippen molar-refractivity contribution in [2.24, 2.45) is 23.5 Å². The predicted molar refractivity (Wildman–Crippen MR) is 87.2 cm³/mol. The number of nitrogens with one attached hydrogen (secondary N) is 1. The molecule has 6 atom stereocenters. The maximum atomic E-state index is 12.5. The summed E-state index contributed by atoms with van der Waals surface area (Å²) >= 11 is 1.95. The third kappa shape index (κ3) is 3.12. The lowest BCUT2D eigenvalue weighted by Crippen LogP contribution is -2.49. The van der Waals surface area contributed by atoms with E-state index in [9.17, 15) is 4.79 Å². The van der Waals surface area contributed by atoms with Gasteiger partial charge in [-0.25, -0.2) is 0 Å². The number of hydrogen-bond donors (Lipinski definition) is 2. The molecule has 3 fully saturated rings. The molecule has 0 aromatic heterocycles. The maximum absolute atomic E-state index is 12.5. The Balaban J connectivity index is 0.00000147. The van der Waals surface area contributed by atoms with Crippen LogP contribution in [-0.2, 0) is 4.79 Å². The van der Waals surface area contributed by atoms with Gasteiger partial charge in [-0.15, -0.1) is 12.4 Å². The average Bonchev–Trinajstić information content (AvgIpc) is 2.99. The van der Waals surface area contributed by atoms with Gasteiger partial charge in [0.2, 0.25) is 5.91 Å². The highest BCUT2D eigenvalue weighted by Gasteiger charge is 2.49. The standard InChI is InChI=1S/C15H26N2OS.ClH/c1-19-12-4-2-3-11(8-12)17-15(18)13-9-5-6-10(7-9)14(13)16;/h9-14H,2-8,16H2,1H3,(H,17,18);1H. The molecule has 3 N–H and O–H groups in total. The van der Waals surface area contributed by atoms with E-state index in [1.807, 2.05) is 11.8 Å². The van der Waals surface area contributed by atoms with E-state index in [2.05, 4.69) is 11.6 Å². The minimum Gasteiger partial charge on any atom is -0.353 e. The Bertz CT molecular complexity index is 353. The number of rotatable bonds is 3. The zero-order valence-corrected chi connectivity index (χ0v) is 13.8. The van der Waals surface area contributed by atoms with Crippen molar-refractivity contribution in [1.29, 1.82) is 0 Å². The van der Waals surface area contributed by atoms with E-state index < -0.39 is 0 Å². The van der Waals surface area contributed by atoms with Crippen molar-refractivity contribution in [3.05, 3.63) is 0 Å². The first-order chi connectivity index (χ1) is 9.19. The fourth-order valence-electron chi connectivity index (χ4n) is 4.51. The number of carbonyl (C=O) groups excluding carboxylic acids is 1. The molecule has 3 aliphatic rings. The predicted octanol–water partition coefficient (Wildman–Crippen LogP) is 2.57. The van der Waals surface area contributed by atoms with Crippen molar-refractivity contribution in [2.45, 2.75) is 62.3 Å². The molecule has 116 valence electrons. The SMILES string of the molecule is CSC1CCCC(NC(=O)C2C3CCC(C3)C2N)C1.Cl. The van der Waals surface area contributed by atoms with E-state index in [-0.39, 0.29) is 30.3 Å². The van der Waals surface area contributed by atoms with E-state index in [0.29, 0.717) is 17.9 Å². The third-order valence-corrected chi connectivity index (χ3v) is 6.68. The van der Waals surface area contributed by atoms with Crippen molar-refractivity contribution in [1.82, 2.24) is 5.32 Å². The van der Waals surface area contributed by atoms with Gasteiger partial charge in [0.25, 0.3) is 0 Å². The number of fused-ring (bicyclic) bond motifs is 2. The molecule has 3 aliphatic carbocycles. The van der Waals surface area contributed by atoms with Crippen LogP contribution >= 0.6 is 24.2 Å². The summed E-state index contributed by atoms with van der Waals surface area (Å²) in [5.41, 5.74) is 6.26. The van der Waals surface area contributed by atoms with Gasteiger partial charge in [-0.05, 0) is 56.6 Å². The largest absolute Gasteiger partial charge is 0.353 e. The lowest BCUT2D eigenvalue weighted by Gasteiger charge is -2.32. The summed E-state index contributed by atoms with van der Waals surface area (Å²) in [6.45, 7) is 0. The number of halogens is 1. The molecule has 3 rings (SSSR count). The first-order valence-electron chi connectivity index (χ1n) is 7.77. The van der Waals surface area contributed by atoms with Crippen molar-refractivity contribution < 1.29 is 4.79 Å². The maximum Gasteiger partial charge on any atom is 0.225 e. The zero-order chi connectivity index (χ0) is 13.4. The van der Waals surface area contributed by atoms with Crippen molar-refractivity contribution in [3.63, 3.8) is 0 Å². The van der Waals surface area contributed by atoms with Crippen LogP contribution in [0.3, 0.4) is 0 Å². The van der Waals surface area contributed by atoms with E-state index in [0.717, 1.165) is 18.1 Å².